The Balaban J connectivity index is 2.17. The first-order chi connectivity index (χ1) is 8.59. The second-order valence-electron chi connectivity index (χ2n) is 4.28. The van der Waals surface area contributed by atoms with Gasteiger partial charge in [0.25, 0.3) is 5.17 Å². The lowest BCUT2D eigenvalue weighted by Crippen LogP contribution is -2.23. The first-order valence-electron chi connectivity index (χ1n) is 5.99. The van der Waals surface area contributed by atoms with Gasteiger partial charge in [-0.15, -0.1) is 0 Å². The number of carbonyl (C=O) groups excluding carboxylic acids is 1. The molecule has 1 aromatic carbocycles. The summed E-state index contributed by atoms with van der Waals surface area (Å²) < 4.78 is 5.26. The average Bonchev–Trinajstić information content (AvgIpc) is 2.37. The fraction of sp³-hybridized carbons (Fsp3) is 0.429. The SMILES string of the molecule is CN(C)C(=S)OCCC(=O)CCc1ccccc1. The van der Waals surface area contributed by atoms with Gasteiger partial charge in [0, 0.05) is 26.9 Å². The molecule has 1 aromatic rings. The van der Waals surface area contributed by atoms with Crippen molar-refractivity contribution in [3.05, 3.63) is 35.9 Å². The topological polar surface area (TPSA) is 29.5 Å². The van der Waals surface area contributed by atoms with Gasteiger partial charge in [-0.25, -0.2) is 0 Å². The van der Waals surface area contributed by atoms with Crippen LogP contribution >= 0.6 is 12.2 Å². The van der Waals surface area contributed by atoms with Gasteiger partial charge in [-0.05, 0) is 24.2 Å². The van der Waals surface area contributed by atoms with Crippen molar-refractivity contribution in [1.82, 2.24) is 4.90 Å². The van der Waals surface area contributed by atoms with Crippen molar-refractivity contribution in [2.45, 2.75) is 19.3 Å². The molecule has 0 N–H and O–H groups in total. The number of benzene rings is 1. The molecule has 4 heteroatoms. The molecule has 0 aromatic heterocycles. The zero-order valence-corrected chi connectivity index (χ0v) is 11.7. The summed E-state index contributed by atoms with van der Waals surface area (Å²) in [6, 6.07) is 10.0. The Labute approximate surface area is 114 Å². The van der Waals surface area contributed by atoms with Gasteiger partial charge >= 0.3 is 0 Å². The van der Waals surface area contributed by atoms with Crippen LogP contribution < -0.4 is 0 Å². The van der Waals surface area contributed by atoms with Crippen LogP contribution in [0.4, 0.5) is 0 Å². The monoisotopic (exact) mass is 265 g/mol. The molecule has 0 bridgehead atoms. The highest BCUT2D eigenvalue weighted by atomic mass is 32.1. The van der Waals surface area contributed by atoms with E-state index in [9.17, 15) is 4.79 Å². The number of ether oxygens (including phenoxy) is 1. The Kier molecular flexibility index (Phi) is 6.36. The average molecular weight is 265 g/mol. The first kappa shape index (κ1) is 14.6. The molecule has 0 saturated heterocycles. The molecule has 3 nitrogen and oxygen atoms in total. The van der Waals surface area contributed by atoms with Gasteiger partial charge < -0.3 is 9.64 Å². The largest absolute Gasteiger partial charge is 0.470 e. The predicted molar refractivity (Wildman–Crippen MR) is 76.6 cm³/mol. The number of thiocarbonyl (C=S) groups is 1. The number of hydrogen-bond acceptors (Lipinski definition) is 3. The Morgan fingerprint density at radius 3 is 2.50 bits per heavy atom. The summed E-state index contributed by atoms with van der Waals surface area (Å²) in [7, 11) is 3.64. The third-order valence-electron chi connectivity index (χ3n) is 2.51. The number of ketones is 1. The second kappa shape index (κ2) is 7.82. The minimum Gasteiger partial charge on any atom is -0.470 e. The Hall–Kier alpha value is -1.42. The van der Waals surface area contributed by atoms with Crippen LogP contribution in [-0.4, -0.2) is 36.6 Å². The van der Waals surface area contributed by atoms with Crippen molar-refractivity contribution in [2.75, 3.05) is 20.7 Å². The molecule has 18 heavy (non-hydrogen) atoms. The minimum atomic E-state index is 0.209. The Bertz CT molecular complexity index is 390. The van der Waals surface area contributed by atoms with Gasteiger partial charge in [0.15, 0.2) is 0 Å². The molecule has 0 radical (unpaired) electrons. The molecule has 0 heterocycles. The molecule has 0 amide bonds. The number of Topliss-reactive ketones (excluding diaryl/α,β-unsaturated/α-hetero) is 1. The Morgan fingerprint density at radius 1 is 1.22 bits per heavy atom. The molecular formula is C14H19NO2S. The van der Waals surface area contributed by atoms with Crippen LogP contribution in [0.5, 0.6) is 0 Å². The Morgan fingerprint density at radius 2 is 1.89 bits per heavy atom. The number of hydrogen-bond donors (Lipinski definition) is 0. The highest BCUT2D eigenvalue weighted by Gasteiger charge is 2.05. The van der Waals surface area contributed by atoms with Crippen molar-refractivity contribution in [1.29, 1.82) is 0 Å². The van der Waals surface area contributed by atoms with Crippen LogP contribution in [0.1, 0.15) is 18.4 Å². The van der Waals surface area contributed by atoms with Crippen molar-refractivity contribution in [3.63, 3.8) is 0 Å². The van der Waals surface area contributed by atoms with E-state index in [0.29, 0.717) is 24.6 Å². The van der Waals surface area contributed by atoms with Gasteiger partial charge in [0.1, 0.15) is 5.78 Å². The minimum absolute atomic E-state index is 0.209. The van der Waals surface area contributed by atoms with E-state index in [1.807, 2.05) is 44.4 Å². The van der Waals surface area contributed by atoms with Crippen molar-refractivity contribution < 1.29 is 9.53 Å². The zero-order valence-electron chi connectivity index (χ0n) is 10.9. The van der Waals surface area contributed by atoms with E-state index in [1.54, 1.807) is 4.90 Å². The third kappa shape index (κ3) is 5.77. The summed E-state index contributed by atoms with van der Waals surface area (Å²) in [6.45, 7) is 0.366. The number of nitrogens with zero attached hydrogens (tertiary/aromatic N) is 1. The highest BCUT2D eigenvalue weighted by molar-refractivity contribution is 7.80. The number of rotatable bonds is 6. The summed E-state index contributed by atoms with van der Waals surface area (Å²) in [4.78, 5) is 13.3. The van der Waals surface area contributed by atoms with E-state index in [-0.39, 0.29) is 5.78 Å². The molecule has 0 aliphatic heterocycles. The standard InChI is InChI=1S/C14H19NO2S/c1-15(2)14(18)17-11-10-13(16)9-8-12-6-4-3-5-7-12/h3-7H,8-11H2,1-2H3. The lowest BCUT2D eigenvalue weighted by Gasteiger charge is -2.13. The van der Waals surface area contributed by atoms with Crippen molar-refractivity contribution in [2.24, 2.45) is 0 Å². The molecular weight excluding hydrogens is 246 g/mol. The maximum Gasteiger partial charge on any atom is 0.258 e. The van der Waals surface area contributed by atoms with Gasteiger partial charge in [-0.2, -0.15) is 0 Å². The summed E-state index contributed by atoms with van der Waals surface area (Å²) in [6.07, 6.45) is 1.76. The van der Waals surface area contributed by atoms with E-state index in [2.05, 4.69) is 0 Å². The van der Waals surface area contributed by atoms with E-state index < -0.39 is 0 Å². The lowest BCUT2D eigenvalue weighted by molar-refractivity contribution is -0.119. The summed E-state index contributed by atoms with van der Waals surface area (Å²) in [5.74, 6) is 0.209. The summed E-state index contributed by atoms with van der Waals surface area (Å²) in [5, 5.41) is 0.422. The molecule has 0 atom stereocenters. The van der Waals surface area contributed by atoms with Gasteiger partial charge in [-0.3, -0.25) is 4.79 Å². The maximum atomic E-state index is 11.6. The quantitative estimate of drug-likeness (QED) is 0.739. The van der Waals surface area contributed by atoms with Crippen molar-refractivity contribution >= 4 is 23.2 Å². The van der Waals surface area contributed by atoms with Crippen molar-refractivity contribution in [3.8, 4) is 0 Å². The summed E-state index contributed by atoms with van der Waals surface area (Å²) in [5.41, 5.74) is 1.19. The fourth-order valence-corrected chi connectivity index (χ4v) is 1.52. The van der Waals surface area contributed by atoms with Crippen LogP contribution in [0.15, 0.2) is 30.3 Å². The van der Waals surface area contributed by atoms with E-state index in [1.165, 1.54) is 5.56 Å². The van der Waals surface area contributed by atoms with Crippen LogP contribution in [0, 0.1) is 0 Å². The molecule has 0 fully saturated rings. The van der Waals surface area contributed by atoms with E-state index in [4.69, 9.17) is 17.0 Å². The van der Waals surface area contributed by atoms with Gasteiger partial charge in [0.05, 0.1) is 6.61 Å². The van der Waals surface area contributed by atoms with E-state index >= 15 is 0 Å². The fourth-order valence-electron chi connectivity index (χ4n) is 1.43. The molecule has 0 unspecified atom stereocenters. The normalized spacial score (nSPS) is 9.89. The highest BCUT2D eigenvalue weighted by Crippen LogP contribution is 2.04. The van der Waals surface area contributed by atoms with Crippen LogP contribution in [0.3, 0.4) is 0 Å². The van der Waals surface area contributed by atoms with Gasteiger partial charge in [0.2, 0.25) is 0 Å². The molecule has 0 saturated carbocycles. The van der Waals surface area contributed by atoms with Crippen LogP contribution in [0.2, 0.25) is 0 Å². The molecule has 0 aliphatic carbocycles. The summed E-state index contributed by atoms with van der Waals surface area (Å²) >= 11 is 4.96. The predicted octanol–water partition coefficient (Wildman–Crippen LogP) is 2.44. The lowest BCUT2D eigenvalue weighted by atomic mass is 10.1. The molecule has 1 rings (SSSR count). The van der Waals surface area contributed by atoms with Gasteiger partial charge in [-0.1, -0.05) is 30.3 Å². The molecule has 0 aliphatic rings. The zero-order chi connectivity index (χ0) is 13.4. The van der Waals surface area contributed by atoms with E-state index in [0.717, 1.165) is 6.42 Å². The molecule has 0 spiro atoms. The maximum absolute atomic E-state index is 11.6. The second-order valence-corrected chi connectivity index (χ2v) is 4.63. The van der Waals surface area contributed by atoms with Crippen LogP contribution in [-0.2, 0) is 16.0 Å². The third-order valence-corrected chi connectivity index (χ3v) is 2.99. The first-order valence-corrected chi connectivity index (χ1v) is 6.40. The van der Waals surface area contributed by atoms with Crippen LogP contribution in [0.25, 0.3) is 0 Å². The molecule has 98 valence electrons. The smallest absolute Gasteiger partial charge is 0.258 e. The number of aryl methyl sites for hydroxylation is 1. The number of carbonyl (C=O) groups is 1.